The average Bonchev–Trinajstić information content (AvgIpc) is 3.10. The number of aliphatic imine (C=N–C) groups is 1. The van der Waals surface area contributed by atoms with Crippen molar-refractivity contribution in [2.75, 3.05) is 31.1 Å². The summed E-state index contributed by atoms with van der Waals surface area (Å²) in [4.78, 5) is 21.2. The molecule has 27 heavy (non-hydrogen) atoms. The summed E-state index contributed by atoms with van der Waals surface area (Å²) in [6.07, 6.45) is 8.37. The van der Waals surface area contributed by atoms with E-state index in [-0.39, 0.29) is 29.9 Å². The van der Waals surface area contributed by atoms with E-state index in [1.54, 1.807) is 22.0 Å². The van der Waals surface area contributed by atoms with Gasteiger partial charge in [-0.15, -0.1) is 24.0 Å². The molecule has 1 saturated carbocycles. The molecule has 0 radical (unpaired) electrons. The summed E-state index contributed by atoms with van der Waals surface area (Å²) in [7, 11) is 1.85. The van der Waals surface area contributed by atoms with E-state index < -0.39 is 0 Å². The number of nitrogens with zero attached hydrogens (tertiary/aromatic N) is 5. The van der Waals surface area contributed by atoms with Crippen LogP contribution < -0.4 is 10.2 Å². The van der Waals surface area contributed by atoms with Gasteiger partial charge in [-0.25, -0.2) is 0 Å². The molecule has 0 atom stereocenters. The average molecular weight is 484 g/mol. The Bertz CT molecular complexity index is 784. The van der Waals surface area contributed by atoms with Crippen LogP contribution in [0.25, 0.3) is 0 Å². The molecule has 0 unspecified atom stereocenters. The third-order valence-corrected chi connectivity index (χ3v) is 4.63. The number of hydrogen-bond donors (Lipinski definition) is 1. The van der Waals surface area contributed by atoms with Crippen LogP contribution >= 0.6 is 24.0 Å². The number of hydrogen-bond acceptors (Lipinski definition) is 4. The van der Waals surface area contributed by atoms with Crippen LogP contribution in [0.2, 0.25) is 0 Å². The summed E-state index contributed by atoms with van der Waals surface area (Å²) in [5, 5.41) is 7.64. The number of furan rings is 1. The normalized spacial score (nSPS) is 17.8. The van der Waals surface area contributed by atoms with Crippen molar-refractivity contribution in [3.63, 3.8) is 0 Å². The van der Waals surface area contributed by atoms with Gasteiger partial charge in [-0.05, 0) is 25.0 Å². The molecule has 1 N–H and O–H groups in total. The van der Waals surface area contributed by atoms with E-state index in [1.807, 2.05) is 25.4 Å². The van der Waals surface area contributed by atoms with Crippen molar-refractivity contribution in [1.29, 1.82) is 0 Å². The second-order valence-corrected chi connectivity index (χ2v) is 6.79. The van der Waals surface area contributed by atoms with Crippen LogP contribution in [0.15, 0.2) is 40.2 Å². The fraction of sp³-hybridized carbons (Fsp3) is 0.500. The number of rotatable bonds is 5. The van der Waals surface area contributed by atoms with Gasteiger partial charge in [-0.1, -0.05) is 0 Å². The number of guanidine groups is 1. The SMILES string of the molecule is Cn1cc(N2CCN(C(=NCCc3ccco3)NC3CC3)CC2=O)cn1.I. The Hall–Kier alpha value is -2.04. The standard InChI is InChI=1S/C18H24N6O2.HI/c1-22-12-15(11-20-22)24-9-8-23(13-17(24)25)18(21-14-4-5-14)19-7-6-16-3-2-10-26-16;/h2-3,10-12,14H,4-9,13H2,1H3,(H,19,21);1H. The Labute approximate surface area is 175 Å². The molecular formula is C18H25IN6O2. The van der Waals surface area contributed by atoms with Gasteiger partial charge in [0.2, 0.25) is 5.91 Å². The van der Waals surface area contributed by atoms with Crippen LogP contribution in [-0.2, 0) is 18.3 Å². The summed E-state index contributed by atoms with van der Waals surface area (Å²) in [6.45, 7) is 2.35. The fourth-order valence-corrected chi connectivity index (χ4v) is 3.05. The number of carbonyl (C=O) groups is 1. The zero-order valence-corrected chi connectivity index (χ0v) is 17.7. The van der Waals surface area contributed by atoms with Crippen LogP contribution in [0.5, 0.6) is 0 Å². The van der Waals surface area contributed by atoms with Crippen molar-refractivity contribution in [3.8, 4) is 0 Å². The van der Waals surface area contributed by atoms with Gasteiger partial charge < -0.3 is 19.5 Å². The molecule has 2 aliphatic rings. The van der Waals surface area contributed by atoms with E-state index in [1.165, 1.54) is 12.8 Å². The maximum Gasteiger partial charge on any atom is 0.246 e. The highest BCUT2D eigenvalue weighted by Crippen LogP contribution is 2.20. The first kappa shape index (κ1) is 19.7. The molecular weight excluding hydrogens is 459 g/mol. The van der Waals surface area contributed by atoms with E-state index in [2.05, 4.69) is 15.3 Å². The lowest BCUT2D eigenvalue weighted by Crippen LogP contribution is -2.55. The Morgan fingerprint density at radius 3 is 2.89 bits per heavy atom. The summed E-state index contributed by atoms with van der Waals surface area (Å²) in [5.74, 6) is 1.83. The van der Waals surface area contributed by atoms with Crippen LogP contribution in [-0.4, -0.2) is 58.8 Å². The van der Waals surface area contributed by atoms with Crippen molar-refractivity contribution in [3.05, 3.63) is 36.5 Å². The molecule has 2 fully saturated rings. The number of nitrogens with one attached hydrogen (secondary N) is 1. The van der Waals surface area contributed by atoms with Crippen molar-refractivity contribution in [2.24, 2.45) is 12.0 Å². The quantitative estimate of drug-likeness (QED) is 0.397. The van der Waals surface area contributed by atoms with Gasteiger partial charge in [0.15, 0.2) is 5.96 Å². The van der Waals surface area contributed by atoms with E-state index in [0.717, 1.165) is 30.4 Å². The minimum absolute atomic E-state index is 0. The Kier molecular flexibility index (Phi) is 6.40. The van der Waals surface area contributed by atoms with Crippen LogP contribution in [0.4, 0.5) is 5.69 Å². The number of carbonyl (C=O) groups excluding carboxylic acids is 1. The van der Waals surface area contributed by atoms with Gasteiger partial charge in [-0.2, -0.15) is 5.10 Å². The molecule has 146 valence electrons. The minimum atomic E-state index is 0. The minimum Gasteiger partial charge on any atom is -0.469 e. The molecule has 9 heteroatoms. The number of amides is 1. The monoisotopic (exact) mass is 484 g/mol. The molecule has 1 aliphatic carbocycles. The van der Waals surface area contributed by atoms with Crippen molar-refractivity contribution in [2.45, 2.75) is 25.3 Å². The lowest BCUT2D eigenvalue weighted by atomic mass is 10.3. The van der Waals surface area contributed by atoms with E-state index in [9.17, 15) is 4.79 Å². The van der Waals surface area contributed by atoms with E-state index in [4.69, 9.17) is 9.41 Å². The molecule has 0 spiro atoms. The highest BCUT2D eigenvalue weighted by Gasteiger charge is 2.30. The molecule has 1 amide bonds. The number of halogens is 1. The summed E-state index contributed by atoms with van der Waals surface area (Å²) >= 11 is 0. The maximum absolute atomic E-state index is 12.6. The molecule has 1 saturated heterocycles. The second kappa shape index (κ2) is 8.77. The molecule has 2 aromatic rings. The number of aryl methyl sites for hydroxylation is 1. The highest BCUT2D eigenvalue weighted by molar-refractivity contribution is 14.0. The van der Waals surface area contributed by atoms with E-state index in [0.29, 0.717) is 25.7 Å². The predicted octanol–water partition coefficient (Wildman–Crippen LogP) is 1.63. The van der Waals surface area contributed by atoms with Crippen molar-refractivity contribution < 1.29 is 9.21 Å². The smallest absolute Gasteiger partial charge is 0.246 e. The van der Waals surface area contributed by atoms with Gasteiger partial charge in [0.25, 0.3) is 0 Å². The third kappa shape index (κ3) is 5.02. The Morgan fingerprint density at radius 1 is 1.41 bits per heavy atom. The number of aromatic nitrogens is 2. The van der Waals surface area contributed by atoms with E-state index >= 15 is 0 Å². The zero-order chi connectivity index (χ0) is 17.9. The second-order valence-electron chi connectivity index (χ2n) is 6.79. The Balaban J connectivity index is 0.00000210. The fourth-order valence-electron chi connectivity index (χ4n) is 3.05. The van der Waals surface area contributed by atoms with Gasteiger partial charge >= 0.3 is 0 Å². The molecule has 8 nitrogen and oxygen atoms in total. The summed E-state index contributed by atoms with van der Waals surface area (Å²) < 4.78 is 7.08. The first-order chi connectivity index (χ1) is 12.7. The molecule has 2 aromatic heterocycles. The van der Waals surface area contributed by atoms with Gasteiger partial charge in [0.1, 0.15) is 12.3 Å². The van der Waals surface area contributed by atoms with Gasteiger partial charge in [0, 0.05) is 45.3 Å². The molecule has 0 aromatic carbocycles. The largest absolute Gasteiger partial charge is 0.469 e. The maximum atomic E-state index is 12.6. The number of anilines is 1. The van der Waals surface area contributed by atoms with Crippen LogP contribution in [0.3, 0.4) is 0 Å². The summed E-state index contributed by atoms with van der Waals surface area (Å²) in [5.41, 5.74) is 0.851. The molecule has 0 bridgehead atoms. The van der Waals surface area contributed by atoms with Crippen molar-refractivity contribution >= 4 is 41.5 Å². The highest BCUT2D eigenvalue weighted by atomic mass is 127. The third-order valence-electron chi connectivity index (χ3n) is 4.63. The molecule has 1 aliphatic heterocycles. The van der Waals surface area contributed by atoms with Crippen molar-refractivity contribution in [1.82, 2.24) is 20.0 Å². The summed E-state index contributed by atoms with van der Waals surface area (Å²) in [6, 6.07) is 4.34. The zero-order valence-electron chi connectivity index (χ0n) is 15.4. The van der Waals surface area contributed by atoms with Gasteiger partial charge in [-0.3, -0.25) is 14.5 Å². The molecule has 4 rings (SSSR count). The number of piperazine rings is 1. The lowest BCUT2D eigenvalue weighted by molar-refractivity contribution is -0.120. The van der Waals surface area contributed by atoms with Crippen LogP contribution in [0, 0.1) is 0 Å². The van der Waals surface area contributed by atoms with Gasteiger partial charge in [0.05, 0.1) is 18.1 Å². The first-order valence-corrected chi connectivity index (χ1v) is 9.06. The Morgan fingerprint density at radius 2 is 2.26 bits per heavy atom. The molecule has 3 heterocycles. The predicted molar refractivity (Wildman–Crippen MR) is 113 cm³/mol. The van der Waals surface area contributed by atoms with Crippen LogP contribution in [0.1, 0.15) is 18.6 Å². The topological polar surface area (TPSA) is 78.9 Å². The first-order valence-electron chi connectivity index (χ1n) is 9.06. The lowest BCUT2D eigenvalue weighted by Gasteiger charge is -2.35.